The maximum absolute atomic E-state index is 11.9. The van der Waals surface area contributed by atoms with Crippen LogP contribution in [0, 0.1) is 5.92 Å². The fourth-order valence-electron chi connectivity index (χ4n) is 2.62. The third-order valence-corrected chi connectivity index (χ3v) is 3.75. The topological polar surface area (TPSA) is 58.2 Å². The minimum atomic E-state index is -0.290. The van der Waals surface area contributed by atoms with E-state index in [-0.39, 0.29) is 17.9 Å². The summed E-state index contributed by atoms with van der Waals surface area (Å²) in [7, 11) is 0. The van der Waals surface area contributed by atoms with Crippen LogP contribution in [0.3, 0.4) is 0 Å². The van der Waals surface area contributed by atoms with E-state index in [0.29, 0.717) is 24.8 Å². The molecule has 2 N–H and O–H groups in total. The van der Waals surface area contributed by atoms with Crippen molar-refractivity contribution in [3.63, 3.8) is 0 Å². The summed E-state index contributed by atoms with van der Waals surface area (Å²) in [5, 5.41) is 5.78. The first-order valence-electron chi connectivity index (χ1n) is 6.26. The summed E-state index contributed by atoms with van der Waals surface area (Å²) in [5.74, 6) is 0.566. The fourth-order valence-corrected chi connectivity index (χ4v) is 2.62. The lowest BCUT2D eigenvalue weighted by molar-refractivity contribution is -0.126. The Morgan fingerprint density at radius 2 is 2.06 bits per heavy atom. The summed E-state index contributed by atoms with van der Waals surface area (Å²) in [6, 6.07) is 0.0142. The Labute approximate surface area is 96.2 Å². The number of nitrogens with one attached hydrogen (secondary N) is 2. The maximum Gasteiger partial charge on any atom is 0.242 e. The van der Waals surface area contributed by atoms with Crippen LogP contribution >= 0.6 is 0 Å². The molecular formula is C12H20N2O2. The van der Waals surface area contributed by atoms with E-state index in [1.807, 2.05) is 0 Å². The Morgan fingerprint density at radius 1 is 1.31 bits per heavy atom. The van der Waals surface area contributed by atoms with Gasteiger partial charge in [-0.3, -0.25) is 9.59 Å². The van der Waals surface area contributed by atoms with Crippen LogP contribution in [0.5, 0.6) is 0 Å². The minimum Gasteiger partial charge on any atom is -0.351 e. The predicted octanol–water partition coefficient (Wildman–Crippen LogP) is 0.960. The van der Waals surface area contributed by atoms with Gasteiger partial charge in [0.2, 0.25) is 11.8 Å². The Bertz CT molecular complexity index is 291. The van der Waals surface area contributed by atoms with Crippen LogP contribution in [0.25, 0.3) is 0 Å². The lowest BCUT2D eigenvalue weighted by Crippen LogP contribution is -2.48. The summed E-state index contributed by atoms with van der Waals surface area (Å²) in [5.41, 5.74) is 0. The first-order chi connectivity index (χ1) is 7.66. The summed E-state index contributed by atoms with van der Waals surface area (Å²) in [4.78, 5) is 22.9. The Balaban J connectivity index is 1.84. The van der Waals surface area contributed by atoms with Gasteiger partial charge in [0.15, 0.2) is 0 Å². The van der Waals surface area contributed by atoms with Crippen molar-refractivity contribution >= 4 is 11.8 Å². The molecule has 4 nitrogen and oxygen atoms in total. The zero-order valence-electron chi connectivity index (χ0n) is 9.79. The number of carbonyl (C=O) groups excluding carboxylic acids is 2. The van der Waals surface area contributed by atoms with Gasteiger partial charge in [-0.1, -0.05) is 19.8 Å². The molecule has 16 heavy (non-hydrogen) atoms. The van der Waals surface area contributed by atoms with E-state index in [4.69, 9.17) is 0 Å². The highest BCUT2D eigenvalue weighted by molar-refractivity contribution is 5.90. The van der Waals surface area contributed by atoms with Crippen molar-refractivity contribution in [2.45, 2.75) is 57.5 Å². The van der Waals surface area contributed by atoms with Crippen LogP contribution in [-0.4, -0.2) is 23.9 Å². The molecule has 0 aromatic rings. The third kappa shape index (κ3) is 2.54. The van der Waals surface area contributed by atoms with Gasteiger partial charge in [0.1, 0.15) is 6.04 Å². The minimum absolute atomic E-state index is 0.00292. The number of carbonyl (C=O) groups is 2. The van der Waals surface area contributed by atoms with E-state index in [1.54, 1.807) is 0 Å². The van der Waals surface area contributed by atoms with Gasteiger partial charge in [0, 0.05) is 12.5 Å². The second-order valence-electron chi connectivity index (χ2n) is 5.04. The average molecular weight is 224 g/mol. The molecule has 2 amide bonds. The Hall–Kier alpha value is -1.06. The van der Waals surface area contributed by atoms with E-state index in [2.05, 4.69) is 17.6 Å². The van der Waals surface area contributed by atoms with Gasteiger partial charge in [0.25, 0.3) is 0 Å². The molecule has 0 aromatic carbocycles. The van der Waals surface area contributed by atoms with Crippen molar-refractivity contribution < 1.29 is 9.59 Å². The molecule has 0 radical (unpaired) electrons. The summed E-state index contributed by atoms with van der Waals surface area (Å²) >= 11 is 0. The van der Waals surface area contributed by atoms with E-state index in [0.717, 1.165) is 6.42 Å². The zero-order valence-corrected chi connectivity index (χ0v) is 9.79. The largest absolute Gasteiger partial charge is 0.351 e. The highest BCUT2D eigenvalue weighted by Gasteiger charge is 2.30. The second-order valence-corrected chi connectivity index (χ2v) is 5.04. The highest BCUT2D eigenvalue weighted by Crippen LogP contribution is 2.24. The van der Waals surface area contributed by atoms with Crippen molar-refractivity contribution in [3.8, 4) is 0 Å². The summed E-state index contributed by atoms with van der Waals surface area (Å²) < 4.78 is 0. The lowest BCUT2D eigenvalue weighted by atomic mass is 9.86. The van der Waals surface area contributed by atoms with Gasteiger partial charge < -0.3 is 10.6 Å². The van der Waals surface area contributed by atoms with Gasteiger partial charge in [-0.2, -0.15) is 0 Å². The fraction of sp³-hybridized carbons (Fsp3) is 0.833. The van der Waals surface area contributed by atoms with Gasteiger partial charge in [-0.25, -0.2) is 0 Å². The molecule has 0 unspecified atom stereocenters. The SMILES string of the molecule is C[C@H]1CCCC[C@@H]1NC(=O)[C@H]1CCC(=O)N1. The normalized spacial score (nSPS) is 34.6. The van der Waals surface area contributed by atoms with Crippen LogP contribution in [0.1, 0.15) is 45.4 Å². The van der Waals surface area contributed by atoms with E-state index < -0.39 is 0 Å². The van der Waals surface area contributed by atoms with Crippen LogP contribution in [0.2, 0.25) is 0 Å². The van der Waals surface area contributed by atoms with E-state index in [9.17, 15) is 9.59 Å². The van der Waals surface area contributed by atoms with Crippen molar-refractivity contribution in [1.29, 1.82) is 0 Å². The molecule has 1 aliphatic carbocycles. The predicted molar refractivity (Wildman–Crippen MR) is 60.7 cm³/mol. The lowest BCUT2D eigenvalue weighted by Gasteiger charge is -2.30. The molecule has 3 atom stereocenters. The molecule has 1 aliphatic heterocycles. The summed E-state index contributed by atoms with van der Waals surface area (Å²) in [6.07, 6.45) is 5.87. The van der Waals surface area contributed by atoms with E-state index >= 15 is 0 Å². The number of amides is 2. The van der Waals surface area contributed by atoms with Crippen LogP contribution in [0.4, 0.5) is 0 Å². The first kappa shape index (κ1) is 11.4. The molecular weight excluding hydrogens is 204 g/mol. The Kier molecular flexibility index (Phi) is 3.46. The number of rotatable bonds is 2. The molecule has 0 spiro atoms. The monoisotopic (exact) mass is 224 g/mol. The zero-order chi connectivity index (χ0) is 11.5. The molecule has 0 aromatic heterocycles. The number of hydrogen-bond donors (Lipinski definition) is 2. The maximum atomic E-state index is 11.9. The smallest absolute Gasteiger partial charge is 0.242 e. The highest BCUT2D eigenvalue weighted by atomic mass is 16.2. The van der Waals surface area contributed by atoms with Crippen molar-refractivity contribution in [3.05, 3.63) is 0 Å². The molecule has 1 saturated heterocycles. The molecule has 2 fully saturated rings. The molecule has 1 saturated carbocycles. The first-order valence-corrected chi connectivity index (χ1v) is 6.26. The van der Waals surface area contributed by atoms with Crippen molar-refractivity contribution in [2.24, 2.45) is 5.92 Å². The van der Waals surface area contributed by atoms with Gasteiger partial charge in [0.05, 0.1) is 0 Å². The third-order valence-electron chi connectivity index (χ3n) is 3.75. The Morgan fingerprint density at radius 3 is 2.69 bits per heavy atom. The standard InChI is InChI=1S/C12H20N2O2/c1-8-4-2-3-5-9(8)14-12(16)10-6-7-11(15)13-10/h8-10H,2-7H2,1H3,(H,13,15)(H,14,16)/t8-,9-,10+/m0/s1. The molecule has 2 aliphatic rings. The molecule has 0 bridgehead atoms. The van der Waals surface area contributed by atoms with Crippen molar-refractivity contribution in [2.75, 3.05) is 0 Å². The van der Waals surface area contributed by atoms with Gasteiger partial charge in [-0.15, -0.1) is 0 Å². The van der Waals surface area contributed by atoms with Crippen LogP contribution in [-0.2, 0) is 9.59 Å². The molecule has 90 valence electrons. The van der Waals surface area contributed by atoms with Gasteiger partial charge >= 0.3 is 0 Å². The second kappa shape index (κ2) is 4.85. The van der Waals surface area contributed by atoms with Gasteiger partial charge in [-0.05, 0) is 25.2 Å². The molecule has 4 heteroatoms. The van der Waals surface area contributed by atoms with E-state index in [1.165, 1.54) is 19.3 Å². The molecule has 1 heterocycles. The summed E-state index contributed by atoms with van der Waals surface area (Å²) in [6.45, 7) is 2.19. The van der Waals surface area contributed by atoms with Crippen molar-refractivity contribution in [1.82, 2.24) is 10.6 Å². The van der Waals surface area contributed by atoms with Crippen LogP contribution < -0.4 is 10.6 Å². The molecule has 2 rings (SSSR count). The number of hydrogen-bond acceptors (Lipinski definition) is 2. The van der Waals surface area contributed by atoms with Crippen LogP contribution in [0.15, 0.2) is 0 Å². The average Bonchev–Trinajstić information content (AvgIpc) is 2.68. The quantitative estimate of drug-likeness (QED) is 0.734.